The number of benzene rings is 1. The van der Waals surface area contributed by atoms with Gasteiger partial charge in [0.1, 0.15) is 0 Å². The predicted octanol–water partition coefficient (Wildman–Crippen LogP) is 2.66. The highest BCUT2D eigenvalue weighted by Crippen LogP contribution is 2.33. The Morgan fingerprint density at radius 1 is 1.38 bits per heavy atom. The van der Waals surface area contributed by atoms with E-state index in [0.717, 1.165) is 12.6 Å². The van der Waals surface area contributed by atoms with Gasteiger partial charge in [-0.1, -0.05) is 18.2 Å². The van der Waals surface area contributed by atoms with Gasteiger partial charge in [0.15, 0.2) is 0 Å². The molecule has 0 aliphatic carbocycles. The fourth-order valence-electron chi connectivity index (χ4n) is 2.72. The number of nitrogens with one attached hydrogen (secondary N) is 1. The smallest absolute Gasteiger partial charge is 0.341 e. The zero-order chi connectivity index (χ0) is 15.7. The minimum Gasteiger partial charge on any atom is -0.341 e. The lowest BCUT2D eigenvalue weighted by Gasteiger charge is -2.29. The van der Waals surface area contributed by atoms with E-state index in [9.17, 15) is 18.0 Å². The van der Waals surface area contributed by atoms with Crippen LogP contribution in [-0.2, 0) is 17.5 Å². The zero-order valence-corrected chi connectivity index (χ0v) is 12.1. The molecule has 0 radical (unpaired) electrons. The maximum Gasteiger partial charge on any atom is 0.416 e. The van der Waals surface area contributed by atoms with Crippen molar-refractivity contribution in [2.45, 2.75) is 26.1 Å². The molecule has 116 valence electrons. The van der Waals surface area contributed by atoms with Gasteiger partial charge in [-0.05, 0) is 31.5 Å². The fraction of sp³-hybridized carbons (Fsp3) is 0.533. The molecular weight excluding hydrogens is 281 g/mol. The fourth-order valence-corrected chi connectivity index (χ4v) is 2.72. The van der Waals surface area contributed by atoms with Crippen LogP contribution in [0.3, 0.4) is 0 Å². The number of carbonyl (C=O) groups is 1. The minimum absolute atomic E-state index is 0.0376. The maximum absolute atomic E-state index is 13.0. The molecule has 1 amide bonds. The zero-order valence-electron chi connectivity index (χ0n) is 12.1. The van der Waals surface area contributed by atoms with Crippen molar-refractivity contribution < 1.29 is 18.0 Å². The number of amides is 1. The highest BCUT2D eigenvalue weighted by molar-refractivity contribution is 5.82. The van der Waals surface area contributed by atoms with E-state index < -0.39 is 17.2 Å². The molecule has 6 heteroatoms. The summed E-state index contributed by atoms with van der Waals surface area (Å²) in [4.78, 5) is 13.8. The highest BCUT2D eigenvalue weighted by Gasteiger charge is 2.39. The first-order chi connectivity index (χ1) is 9.74. The number of halogens is 3. The molecule has 1 fully saturated rings. The molecule has 0 unspecified atom stereocenters. The van der Waals surface area contributed by atoms with E-state index in [2.05, 4.69) is 5.32 Å². The van der Waals surface area contributed by atoms with Gasteiger partial charge < -0.3 is 10.2 Å². The van der Waals surface area contributed by atoms with Crippen LogP contribution in [0.2, 0.25) is 0 Å². The monoisotopic (exact) mass is 300 g/mol. The van der Waals surface area contributed by atoms with Gasteiger partial charge in [0, 0.05) is 20.1 Å². The number of carbonyl (C=O) groups excluding carboxylic acids is 1. The minimum atomic E-state index is -4.40. The first-order valence-electron chi connectivity index (χ1n) is 6.85. The van der Waals surface area contributed by atoms with Crippen LogP contribution in [-0.4, -0.2) is 30.9 Å². The topological polar surface area (TPSA) is 32.3 Å². The van der Waals surface area contributed by atoms with Gasteiger partial charge >= 0.3 is 6.18 Å². The van der Waals surface area contributed by atoms with Crippen molar-refractivity contribution in [1.29, 1.82) is 0 Å². The first-order valence-corrected chi connectivity index (χ1v) is 6.85. The van der Waals surface area contributed by atoms with Crippen molar-refractivity contribution in [2.75, 3.05) is 20.1 Å². The van der Waals surface area contributed by atoms with Crippen LogP contribution in [0.25, 0.3) is 0 Å². The number of hydrogen-bond donors (Lipinski definition) is 1. The van der Waals surface area contributed by atoms with E-state index in [4.69, 9.17) is 0 Å². The average molecular weight is 300 g/mol. The van der Waals surface area contributed by atoms with Crippen molar-refractivity contribution in [1.82, 2.24) is 10.2 Å². The maximum atomic E-state index is 13.0. The molecule has 0 aromatic heterocycles. The standard InChI is InChI=1S/C15H19F3N2O/c1-14(7-8-19-10-14)13(21)20(2)9-11-5-3-4-6-12(11)15(16,17)18/h3-6,19H,7-10H2,1-2H3/t14-/m0/s1. The van der Waals surface area contributed by atoms with Crippen molar-refractivity contribution in [2.24, 2.45) is 5.41 Å². The van der Waals surface area contributed by atoms with Crippen LogP contribution in [0.4, 0.5) is 13.2 Å². The van der Waals surface area contributed by atoms with Gasteiger partial charge in [-0.2, -0.15) is 13.2 Å². The molecule has 1 aliphatic heterocycles. The van der Waals surface area contributed by atoms with Crippen LogP contribution in [0.5, 0.6) is 0 Å². The Morgan fingerprint density at radius 3 is 2.62 bits per heavy atom. The molecule has 1 saturated heterocycles. The molecule has 0 bridgehead atoms. The summed E-state index contributed by atoms with van der Waals surface area (Å²) in [5.41, 5.74) is -1.09. The molecule has 1 aliphatic rings. The molecule has 2 rings (SSSR count). The molecule has 1 N–H and O–H groups in total. The van der Waals surface area contributed by atoms with Crippen LogP contribution >= 0.6 is 0 Å². The Balaban J connectivity index is 2.17. The van der Waals surface area contributed by atoms with Crippen LogP contribution in [0.1, 0.15) is 24.5 Å². The van der Waals surface area contributed by atoms with E-state index in [1.54, 1.807) is 13.1 Å². The van der Waals surface area contributed by atoms with Gasteiger partial charge in [0.05, 0.1) is 11.0 Å². The molecule has 21 heavy (non-hydrogen) atoms. The second-order valence-corrected chi connectivity index (χ2v) is 5.80. The van der Waals surface area contributed by atoms with Crippen LogP contribution in [0.15, 0.2) is 24.3 Å². The molecule has 0 spiro atoms. The van der Waals surface area contributed by atoms with E-state index in [1.165, 1.54) is 17.0 Å². The Labute approximate surface area is 122 Å². The summed E-state index contributed by atoms with van der Waals surface area (Å²) in [7, 11) is 1.55. The van der Waals surface area contributed by atoms with Gasteiger partial charge in [-0.15, -0.1) is 0 Å². The Bertz CT molecular complexity index is 522. The molecular formula is C15H19F3N2O. The Hall–Kier alpha value is -1.56. The molecule has 3 nitrogen and oxygen atoms in total. The molecule has 1 heterocycles. The number of rotatable bonds is 3. The van der Waals surface area contributed by atoms with E-state index in [-0.39, 0.29) is 18.0 Å². The van der Waals surface area contributed by atoms with Gasteiger partial charge in [0.2, 0.25) is 5.91 Å². The first kappa shape index (κ1) is 15.8. The quantitative estimate of drug-likeness (QED) is 0.931. The number of hydrogen-bond acceptors (Lipinski definition) is 2. The third kappa shape index (κ3) is 3.37. The second-order valence-electron chi connectivity index (χ2n) is 5.80. The second kappa shape index (κ2) is 5.67. The normalized spacial score (nSPS) is 22.3. The van der Waals surface area contributed by atoms with Crippen LogP contribution < -0.4 is 5.32 Å². The number of alkyl halides is 3. The lowest BCUT2D eigenvalue weighted by Crippen LogP contribution is -2.41. The SMILES string of the molecule is CN(Cc1ccccc1C(F)(F)F)C(=O)[C@@]1(C)CCNC1. The number of nitrogens with zero attached hydrogens (tertiary/aromatic N) is 1. The highest BCUT2D eigenvalue weighted by atomic mass is 19.4. The predicted molar refractivity (Wildman–Crippen MR) is 73.5 cm³/mol. The van der Waals surface area contributed by atoms with Gasteiger partial charge in [0.25, 0.3) is 0 Å². The largest absolute Gasteiger partial charge is 0.416 e. The Morgan fingerprint density at radius 2 is 2.05 bits per heavy atom. The summed E-state index contributed by atoms with van der Waals surface area (Å²) < 4.78 is 38.9. The summed E-state index contributed by atoms with van der Waals surface area (Å²) in [6.45, 7) is 3.14. The third-order valence-electron chi connectivity index (χ3n) is 3.96. The summed E-state index contributed by atoms with van der Waals surface area (Å²) in [5.74, 6) is -0.121. The molecule has 1 atom stereocenters. The van der Waals surface area contributed by atoms with Crippen molar-refractivity contribution >= 4 is 5.91 Å². The van der Waals surface area contributed by atoms with E-state index >= 15 is 0 Å². The summed E-state index contributed by atoms with van der Waals surface area (Å²) in [6.07, 6.45) is -3.70. The van der Waals surface area contributed by atoms with Gasteiger partial charge in [-0.25, -0.2) is 0 Å². The lowest BCUT2D eigenvalue weighted by molar-refractivity contribution is -0.142. The molecule has 1 aromatic rings. The van der Waals surface area contributed by atoms with Crippen molar-refractivity contribution in [3.8, 4) is 0 Å². The van der Waals surface area contributed by atoms with E-state index in [1.807, 2.05) is 6.92 Å². The summed E-state index contributed by atoms with van der Waals surface area (Å²) >= 11 is 0. The van der Waals surface area contributed by atoms with Crippen molar-refractivity contribution in [3.05, 3.63) is 35.4 Å². The molecule has 0 saturated carbocycles. The third-order valence-corrected chi connectivity index (χ3v) is 3.96. The van der Waals surface area contributed by atoms with Gasteiger partial charge in [-0.3, -0.25) is 4.79 Å². The summed E-state index contributed by atoms with van der Waals surface area (Å²) in [6, 6.07) is 5.38. The van der Waals surface area contributed by atoms with Crippen LogP contribution in [0, 0.1) is 5.41 Å². The summed E-state index contributed by atoms with van der Waals surface area (Å²) in [5, 5.41) is 3.12. The van der Waals surface area contributed by atoms with Crippen molar-refractivity contribution in [3.63, 3.8) is 0 Å². The lowest BCUT2D eigenvalue weighted by atomic mass is 9.88. The molecule has 1 aromatic carbocycles. The van der Waals surface area contributed by atoms with E-state index in [0.29, 0.717) is 13.0 Å². The average Bonchev–Trinajstić information content (AvgIpc) is 2.85. The Kier molecular flexibility index (Phi) is 4.27.